The topological polar surface area (TPSA) is 66.9 Å². The Morgan fingerprint density at radius 1 is 1.25 bits per heavy atom. The maximum absolute atomic E-state index is 13.0. The van der Waals surface area contributed by atoms with Crippen molar-refractivity contribution in [1.82, 2.24) is 9.21 Å². The minimum Gasteiger partial charge on any atom is -0.374 e. The number of ether oxygens (including phenoxy) is 1. The van der Waals surface area contributed by atoms with Gasteiger partial charge in [0.1, 0.15) is 0 Å². The lowest BCUT2D eigenvalue weighted by Crippen LogP contribution is -2.54. The van der Waals surface area contributed by atoms with Gasteiger partial charge in [-0.1, -0.05) is 18.9 Å². The highest BCUT2D eigenvalue weighted by Crippen LogP contribution is 2.29. The molecular weight excluding hydrogens is 328 g/mol. The normalized spacial score (nSPS) is 24.7. The molecule has 1 aliphatic carbocycles. The molecule has 2 fully saturated rings. The largest absolute Gasteiger partial charge is 0.374 e. The smallest absolute Gasteiger partial charge is 0.254 e. The number of sulfonamides is 1. The van der Waals surface area contributed by atoms with E-state index < -0.39 is 10.0 Å². The van der Waals surface area contributed by atoms with Gasteiger partial charge >= 0.3 is 0 Å². The zero-order valence-electron chi connectivity index (χ0n) is 14.1. The Kier molecular flexibility index (Phi) is 4.94. The Morgan fingerprint density at radius 2 is 2.00 bits per heavy atom. The lowest BCUT2D eigenvalue weighted by Gasteiger charge is -2.43. The van der Waals surface area contributed by atoms with Gasteiger partial charge in [-0.15, -0.1) is 0 Å². The highest BCUT2D eigenvalue weighted by molar-refractivity contribution is 7.89. The van der Waals surface area contributed by atoms with Crippen LogP contribution in [0, 0.1) is 0 Å². The summed E-state index contributed by atoms with van der Waals surface area (Å²) in [6.07, 6.45) is 4.30. The molecule has 1 saturated carbocycles. The van der Waals surface area contributed by atoms with Gasteiger partial charge < -0.3 is 9.64 Å². The Morgan fingerprint density at radius 3 is 2.75 bits per heavy atom. The van der Waals surface area contributed by atoms with E-state index in [1.54, 1.807) is 12.1 Å². The van der Waals surface area contributed by atoms with Crippen molar-refractivity contribution in [2.24, 2.45) is 0 Å². The lowest BCUT2D eigenvalue weighted by atomic mass is 9.89. The molecule has 6 nitrogen and oxygen atoms in total. The molecular formula is C17H24N2O4S. The first-order valence-electron chi connectivity index (χ1n) is 8.36. The third-order valence-corrected chi connectivity index (χ3v) is 6.66. The van der Waals surface area contributed by atoms with E-state index in [2.05, 4.69) is 0 Å². The summed E-state index contributed by atoms with van der Waals surface area (Å²) in [7, 11) is -0.580. The highest BCUT2D eigenvalue weighted by Gasteiger charge is 2.37. The summed E-state index contributed by atoms with van der Waals surface area (Å²) in [6, 6.07) is 6.42. The molecule has 2 aliphatic rings. The van der Waals surface area contributed by atoms with E-state index in [9.17, 15) is 13.2 Å². The molecule has 1 aliphatic heterocycles. The number of hydrogen-bond acceptors (Lipinski definition) is 4. The van der Waals surface area contributed by atoms with Crippen LogP contribution in [0.15, 0.2) is 29.2 Å². The molecule has 2 atom stereocenters. The van der Waals surface area contributed by atoms with Gasteiger partial charge in [0.2, 0.25) is 10.0 Å². The van der Waals surface area contributed by atoms with Crippen LogP contribution in [0.2, 0.25) is 0 Å². The molecule has 24 heavy (non-hydrogen) atoms. The average molecular weight is 352 g/mol. The third kappa shape index (κ3) is 3.20. The van der Waals surface area contributed by atoms with Crippen molar-refractivity contribution < 1.29 is 17.9 Å². The van der Waals surface area contributed by atoms with Crippen LogP contribution in [0.25, 0.3) is 0 Å². The number of carbonyl (C=O) groups excluding carboxylic acids is 1. The average Bonchev–Trinajstić information content (AvgIpc) is 2.60. The zero-order chi connectivity index (χ0) is 17.3. The molecule has 1 aromatic carbocycles. The molecule has 132 valence electrons. The second kappa shape index (κ2) is 6.82. The van der Waals surface area contributed by atoms with Crippen LogP contribution >= 0.6 is 0 Å². The molecule has 1 amide bonds. The Labute approximate surface area is 143 Å². The summed E-state index contributed by atoms with van der Waals surface area (Å²) in [5.41, 5.74) is 0.421. The van der Waals surface area contributed by atoms with Crippen molar-refractivity contribution in [1.29, 1.82) is 0 Å². The summed E-state index contributed by atoms with van der Waals surface area (Å²) < 4.78 is 31.6. The van der Waals surface area contributed by atoms with E-state index in [1.807, 2.05) is 4.90 Å². The van der Waals surface area contributed by atoms with Crippen LogP contribution in [-0.4, -0.2) is 62.9 Å². The van der Waals surface area contributed by atoms with Gasteiger partial charge in [0.05, 0.1) is 23.6 Å². The Balaban J connectivity index is 1.87. The first-order chi connectivity index (χ1) is 11.4. The minimum atomic E-state index is -3.55. The fourth-order valence-electron chi connectivity index (χ4n) is 3.51. The van der Waals surface area contributed by atoms with Crippen LogP contribution in [0.3, 0.4) is 0 Å². The molecule has 1 saturated heterocycles. The number of fused-ring (bicyclic) bond motifs is 1. The summed E-state index contributed by atoms with van der Waals surface area (Å²) in [4.78, 5) is 15.0. The van der Waals surface area contributed by atoms with Gasteiger partial charge in [-0.05, 0) is 31.0 Å². The second-order valence-electron chi connectivity index (χ2n) is 6.57. The molecule has 0 aromatic heterocycles. The number of amides is 1. The molecule has 7 heteroatoms. The van der Waals surface area contributed by atoms with Crippen LogP contribution < -0.4 is 0 Å². The molecule has 1 aromatic rings. The number of hydrogen-bond donors (Lipinski definition) is 0. The summed E-state index contributed by atoms with van der Waals surface area (Å²) >= 11 is 0. The fraction of sp³-hybridized carbons (Fsp3) is 0.588. The van der Waals surface area contributed by atoms with E-state index in [-0.39, 0.29) is 22.9 Å². The number of benzene rings is 1. The van der Waals surface area contributed by atoms with Crippen molar-refractivity contribution in [2.75, 3.05) is 27.2 Å². The summed E-state index contributed by atoms with van der Waals surface area (Å²) in [6.45, 7) is 1.10. The van der Waals surface area contributed by atoms with Crippen LogP contribution in [0.1, 0.15) is 36.0 Å². The minimum absolute atomic E-state index is 0.106. The first kappa shape index (κ1) is 17.4. The van der Waals surface area contributed by atoms with Gasteiger partial charge in [0.15, 0.2) is 0 Å². The molecule has 3 rings (SSSR count). The van der Waals surface area contributed by atoms with Crippen molar-refractivity contribution >= 4 is 15.9 Å². The van der Waals surface area contributed by atoms with E-state index in [4.69, 9.17) is 4.74 Å². The molecule has 2 unspecified atom stereocenters. The van der Waals surface area contributed by atoms with Gasteiger partial charge in [-0.3, -0.25) is 4.79 Å². The molecule has 0 bridgehead atoms. The number of rotatable bonds is 3. The Hall–Kier alpha value is -1.44. The van der Waals surface area contributed by atoms with E-state index in [1.165, 1.54) is 26.2 Å². The highest BCUT2D eigenvalue weighted by atomic mass is 32.2. The first-order valence-corrected chi connectivity index (χ1v) is 9.80. The number of morpholine rings is 1. The van der Waals surface area contributed by atoms with Crippen LogP contribution in [-0.2, 0) is 14.8 Å². The SMILES string of the molecule is CN(C)S(=O)(=O)c1cccc(C(=O)N2CCOC3CCCCC32)c1. The maximum atomic E-state index is 13.0. The quantitative estimate of drug-likeness (QED) is 0.831. The van der Waals surface area contributed by atoms with Gasteiger partial charge in [0.25, 0.3) is 5.91 Å². The van der Waals surface area contributed by atoms with Crippen molar-refractivity contribution in [3.05, 3.63) is 29.8 Å². The van der Waals surface area contributed by atoms with E-state index in [0.29, 0.717) is 18.7 Å². The van der Waals surface area contributed by atoms with E-state index >= 15 is 0 Å². The van der Waals surface area contributed by atoms with Crippen molar-refractivity contribution in [2.45, 2.75) is 42.7 Å². The lowest BCUT2D eigenvalue weighted by molar-refractivity contribution is -0.0752. The number of carbonyl (C=O) groups is 1. The second-order valence-corrected chi connectivity index (χ2v) is 8.73. The summed E-state index contributed by atoms with van der Waals surface area (Å²) in [5.74, 6) is -0.106. The van der Waals surface area contributed by atoms with E-state index in [0.717, 1.165) is 30.0 Å². The molecule has 0 spiro atoms. The zero-order valence-corrected chi connectivity index (χ0v) is 15.0. The predicted molar refractivity (Wildman–Crippen MR) is 90.3 cm³/mol. The third-order valence-electron chi connectivity index (χ3n) is 4.85. The molecule has 1 heterocycles. The van der Waals surface area contributed by atoms with Gasteiger partial charge in [0, 0.05) is 26.2 Å². The van der Waals surface area contributed by atoms with Crippen LogP contribution in [0.4, 0.5) is 0 Å². The van der Waals surface area contributed by atoms with Gasteiger partial charge in [-0.25, -0.2) is 12.7 Å². The maximum Gasteiger partial charge on any atom is 0.254 e. The molecule has 0 N–H and O–H groups in total. The van der Waals surface area contributed by atoms with Crippen molar-refractivity contribution in [3.63, 3.8) is 0 Å². The predicted octanol–water partition coefficient (Wildman–Crippen LogP) is 1.72. The van der Waals surface area contributed by atoms with Gasteiger partial charge in [-0.2, -0.15) is 0 Å². The number of nitrogens with zero attached hydrogens (tertiary/aromatic N) is 2. The Bertz CT molecular complexity index is 715. The standard InChI is InChI=1S/C17H24N2O4S/c1-18(2)24(21,22)14-7-5-6-13(12-14)17(20)19-10-11-23-16-9-4-3-8-15(16)19/h5-7,12,15-16H,3-4,8-11H2,1-2H3. The van der Waals surface area contributed by atoms with Crippen LogP contribution in [0.5, 0.6) is 0 Å². The monoisotopic (exact) mass is 352 g/mol. The fourth-order valence-corrected chi connectivity index (χ4v) is 4.46. The molecule has 0 radical (unpaired) electrons. The summed E-state index contributed by atoms with van der Waals surface area (Å²) in [5, 5.41) is 0. The van der Waals surface area contributed by atoms with Crippen molar-refractivity contribution in [3.8, 4) is 0 Å².